The number of hydrogen-bond donors (Lipinski definition) is 1. The van der Waals surface area contributed by atoms with Gasteiger partial charge in [-0.2, -0.15) is 13.2 Å². The van der Waals surface area contributed by atoms with Crippen LogP contribution < -0.4 is 5.73 Å². The number of aromatic nitrogens is 1. The molecule has 0 fully saturated rings. The summed E-state index contributed by atoms with van der Waals surface area (Å²) in [4.78, 5) is 3.74. The second kappa shape index (κ2) is 5.22. The van der Waals surface area contributed by atoms with Crippen LogP contribution in [0.4, 0.5) is 13.2 Å². The lowest BCUT2D eigenvalue weighted by atomic mass is 10.2. The molecule has 2 aromatic rings. The Morgan fingerprint density at radius 3 is 2.53 bits per heavy atom. The monoisotopic (exact) mass is 350 g/mol. The van der Waals surface area contributed by atoms with Crippen molar-refractivity contribution in [2.45, 2.75) is 19.6 Å². The summed E-state index contributed by atoms with van der Waals surface area (Å²) >= 11 is 4.33. The Balaban J connectivity index is 2.51. The van der Waals surface area contributed by atoms with Crippen molar-refractivity contribution in [3.63, 3.8) is 0 Å². The van der Waals surface area contributed by atoms with Gasteiger partial charge >= 0.3 is 6.18 Å². The molecule has 0 spiro atoms. The van der Waals surface area contributed by atoms with Gasteiger partial charge in [-0.15, -0.1) is 11.3 Å². The molecular formula is C12H10BrF3N2S. The maximum Gasteiger partial charge on any atom is 0.434 e. The Labute approximate surface area is 120 Å². The van der Waals surface area contributed by atoms with Gasteiger partial charge in [-0.3, -0.25) is 0 Å². The second-order valence-corrected chi connectivity index (χ2v) is 5.89. The van der Waals surface area contributed by atoms with Gasteiger partial charge in [0.05, 0.1) is 4.88 Å². The standard InChI is InChI=1S/C12H10BrF3N2S/c1-6-2-3-7(4-8(6)13)11-18-10(12(14,15)16)9(5-17)19-11/h2-4H,5,17H2,1H3. The minimum absolute atomic E-state index is 0.0548. The van der Waals surface area contributed by atoms with E-state index in [1.165, 1.54) is 0 Å². The number of benzene rings is 1. The van der Waals surface area contributed by atoms with E-state index in [2.05, 4.69) is 20.9 Å². The Morgan fingerprint density at radius 2 is 2.05 bits per heavy atom. The lowest BCUT2D eigenvalue weighted by Gasteiger charge is -2.03. The molecule has 1 aromatic heterocycles. The number of halogens is 4. The normalized spacial score (nSPS) is 11.9. The van der Waals surface area contributed by atoms with Gasteiger partial charge in [0.25, 0.3) is 0 Å². The summed E-state index contributed by atoms with van der Waals surface area (Å²) in [6.07, 6.45) is -4.47. The average Bonchev–Trinajstić information content (AvgIpc) is 2.76. The number of alkyl halides is 3. The highest BCUT2D eigenvalue weighted by Gasteiger charge is 2.37. The molecule has 0 aliphatic rings. The van der Waals surface area contributed by atoms with Gasteiger partial charge in [-0.25, -0.2) is 4.98 Å². The van der Waals surface area contributed by atoms with Gasteiger partial charge in [-0.05, 0) is 18.6 Å². The number of nitrogens with two attached hydrogens (primary N) is 1. The SMILES string of the molecule is Cc1ccc(-c2nc(C(F)(F)F)c(CN)s2)cc1Br. The van der Waals surface area contributed by atoms with E-state index < -0.39 is 11.9 Å². The van der Waals surface area contributed by atoms with E-state index in [0.717, 1.165) is 21.4 Å². The highest BCUT2D eigenvalue weighted by atomic mass is 79.9. The van der Waals surface area contributed by atoms with Crippen LogP contribution in [0.3, 0.4) is 0 Å². The Hall–Kier alpha value is -0.920. The number of hydrogen-bond acceptors (Lipinski definition) is 3. The van der Waals surface area contributed by atoms with Crippen LogP contribution in [-0.2, 0) is 12.7 Å². The molecule has 0 aliphatic carbocycles. The molecule has 7 heteroatoms. The molecular weight excluding hydrogens is 341 g/mol. The van der Waals surface area contributed by atoms with E-state index in [9.17, 15) is 13.2 Å². The molecule has 2 N–H and O–H groups in total. The fraction of sp³-hybridized carbons (Fsp3) is 0.250. The molecule has 1 heterocycles. The van der Waals surface area contributed by atoms with E-state index in [0.29, 0.717) is 10.6 Å². The fourth-order valence-electron chi connectivity index (χ4n) is 1.56. The van der Waals surface area contributed by atoms with E-state index >= 15 is 0 Å². The zero-order valence-corrected chi connectivity index (χ0v) is 12.3. The van der Waals surface area contributed by atoms with Crippen LogP contribution in [0.15, 0.2) is 22.7 Å². The number of rotatable bonds is 2. The average molecular weight is 351 g/mol. The minimum Gasteiger partial charge on any atom is -0.326 e. The molecule has 0 unspecified atom stereocenters. The van der Waals surface area contributed by atoms with Crippen molar-refractivity contribution >= 4 is 27.3 Å². The van der Waals surface area contributed by atoms with Crippen LogP contribution in [0.5, 0.6) is 0 Å². The van der Waals surface area contributed by atoms with Crippen LogP contribution in [-0.4, -0.2) is 4.98 Å². The highest BCUT2D eigenvalue weighted by Crippen LogP contribution is 2.38. The summed E-state index contributed by atoms with van der Waals surface area (Å²) < 4.78 is 39.2. The van der Waals surface area contributed by atoms with Crippen molar-refractivity contribution in [2.24, 2.45) is 5.73 Å². The van der Waals surface area contributed by atoms with E-state index in [4.69, 9.17) is 5.73 Å². The molecule has 2 rings (SSSR count). The maximum atomic E-state index is 12.8. The molecule has 0 saturated carbocycles. The molecule has 102 valence electrons. The van der Waals surface area contributed by atoms with Gasteiger partial charge in [0.1, 0.15) is 5.01 Å². The third kappa shape index (κ3) is 2.98. The first-order valence-electron chi connectivity index (χ1n) is 5.36. The largest absolute Gasteiger partial charge is 0.434 e. The van der Waals surface area contributed by atoms with Crippen molar-refractivity contribution in [3.05, 3.63) is 38.8 Å². The predicted octanol–water partition coefficient (Wildman–Crippen LogP) is 4.36. The van der Waals surface area contributed by atoms with Gasteiger partial charge < -0.3 is 5.73 Å². The Morgan fingerprint density at radius 1 is 1.37 bits per heavy atom. The van der Waals surface area contributed by atoms with Gasteiger partial charge in [0.15, 0.2) is 5.69 Å². The van der Waals surface area contributed by atoms with Crippen molar-refractivity contribution in [1.29, 1.82) is 0 Å². The summed E-state index contributed by atoms with van der Waals surface area (Å²) in [5.41, 5.74) is 6.13. The van der Waals surface area contributed by atoms with Crippen molar-refractivity contribution < 1.29 is 13.2 Å². The van der Waals surface area contributed by atoms with Crippen LogP contribution in [0.2, 0.25) is 0 Å². The third-order valence-corrected chi connectivity index (χ3v) is 4.55. The molecule has 0 bridgehead atoms. The fourth-order valence-corrected chi connectivity index (χ4v) is 2.90. The van der Waals surface area contributed by atoms with Crippen LogP contribution >= 0.6 is 27.3 Å². The van der Waals surface area contributed by atoms with E-state index in [-0.39, 0.29) is 11.4 Å². The minimum atomic E-state index is -4.47. The van der Waals surface area contributed by atoms with E-state index in [1.807, 2.05) is 13.0 Å². The van der Waals surface area contributed by atoms with Crippen molar-refractivity contribution in [3.8, 4) is 10.6 Å². The molecule has 19 heavy (non-hydrogen) atoms. The van der Waals surface area contributed by atoms with Crippen LogP contribution in [0, 0.1) is 6.92 Å². The lowest BCUT2D eigenvalue weighted by molar-refractivity contribution is -0.141. The summed E-state index contributed by atoms with van der Waals surface area (Å²) in [5, 5.41) is 0.327. The molecule has 0 aliphatic heterocycles. The lowest BCUT2D eigenvalue weighted by Crippen LogP contribution is -2.10. The molecule has 0 atom stereocenters. The maximum absolute atomic E-state index is 12.8. The number of nitrogens with zero attached hydrogens (tertiary/aromatic N) is 1. The second-order valence-electron chi connectivity index (χ2n) is 3.96. The van der Waals surface area contributed by atoms with Crippen molar-refractivity contribution in [1.82, 2.24) is 4.98 Å². The van der Waals surface area contributed by atoms with Crippen LogP contribution in [0.1, 0.15) is 16.1 Å². The first kappa shape index (κ1) is 14.5. The van der Waals surface area contributed by atoms with E-state index in [1.54, 1.807) is 12.1 Å². The molecule has 0 amide bonds. The zero-order valence-electron chi connectivity index (χ0n) is 9.88. The third-order valence-electron chi connectivity index (χ3n) is 2.57. The first-order valence-corrected chi connectivity index (χ1v) is 6.97. The molecule has 2 nitrogen and oxygen atoms in total. The molecule has 0 saturated heterocycles. The Kier molecular flexibility index (Phi) is 3.98. The summed E-state index contributed by atoms with van der Waals surface area (Å²) in [7, 11) is 0. The predicted molar refractivity (Wildman–Crippen MR) is 72.9 cm³/mol. The summed E-state index contributed by atoms with van der Waals surface area (Å²) in [6, 6.07) is 5.34. The van der Waals surface area contributed by atoms with Gasteiger partial charge in [-0.1, -0.05) is 28.1 Å². The van der Waals surface area contributed by atoms with Gasteiger partial charge in [0, 0.05) is 16.6 Å². The van der Waals surface area contributed by atoms with Crippen molar-refractivity contribution in [2.75, 3.05) is 0 Å². The van der Waals surface area contributed by atoms with Crippen LogP contribution in [0.25, 0.3) is 10.6 Å². The highest BCUT2D eigenvalue weighted by molar-refractivity contribution is 9.10. The molecule has 1 aromatic carbocycles. The topological polar surface area (TPSA) is 38.9 Å². The summed E-state index contributed by atoms with van der Waals surface area (Å²) in [5.74, 6) is 0. The first-order chi connectivity index (χ1) is 8.82. The quantitative estimate of drug-likeness (QED) is 0.873. The Bertz CT molecular complexity index is 608. The molecule has 0 radical (unpaired) electrons. The van der Waals surface area contributed by atoms with Gasteiger partial charge in [0.2, 0.25) is 0 Å². The number of aryl methyl sites for hydroxylation is 1. The number of thiazole rings is 1. The zero-order chi connectivity index (χ0) is 14.2. The smallest absolute Gasteiger partial charge is 0.326 e. The summed E-state index contributed by atoms with van der Waals surface area (Å²) in [6.45, 7) is 1.74.